The molecule has 0 aromatic heterocycles. The molecule has 1 fully saturated rings. The average molecular weight is 416 g/mol. The molecule has 0 aliphatic carbocycles. The van der Waals surface area contributed by atoms with E-state index >= 15 is 0 Å². The molecule has 0 saturated carbocycles. The van der Waals surface area contributed by atoms with E-state index in [1.54, 1.807) is 6.07 Å². The summed E-state index contributed by atoms with van der Waals surface area (Å²) in [6.45, 7) is 5.88. The number of ether oxygens (including phenoxy) is 2. The summed E-state index contributed by atoms with van der Waals surface area (Å²) in [4.78, 5) is 2.41. The Balaban J connectivity index is 1.40. The Morgan fingerprint density at radius 3 is 2.57 bits per heavy atom. The fourth-order valence-corrected chi connectivity index (χ4v) is 3.98. The Morgan fingerprint density at radius 2 is 1.82 bits per heavy atom. The number of fused-ring (bicyclic) bond motifs is 1. The number of hydrogen-bond acceptors (Lipinski definition) is 3. The van der Waals surface area contributed by atoms with E-state index in [0.29, 0.717) is 16.7 Å². The predicted octanol–water partition coefficient (Wildman–Crippen LogP) is 6.20. The van der Waals surface area contributed by atoms with E-state index in [9.17, 15) is 0 Å². The number of benzene rings is 3. The Labute approximate surface area is 175 Å². The number of rotatable bonds is 6. The minimum absolute atomic E-state index is 0.286. The van der Waals surface area contributed by atoms with Gasteiger partial charge in [-0.25, -0.2) is 0 Å². The first-order valence-corrected chi connectivity index (χ1v) is 10.4. The predicted molar refractivity (Wildman–Crippen MR) is 116 cm³/mol. The molecule has 1 aliphatic rings. The molecule has 3 aromatic rings. The third-order valence-corrected chi connectivity index (χ3v) is 6.02. The summed E-state index contributed by atoms with van der Waals surface area (Å²) in [7, 11) is 0. The van der Waals surface area contributed by atoms with E-state index in [-0.39, 0.29) is 6.10 Å². The third kappa shape index (κ3) is 4.22. The Morgan fingerprint density at radius 1 is 1.00 bits per heavy atom. The first-order valence-electron chi connectivity index (χ1n) is 9.61. The molecule has 5 heteroatoms. The van der Waals surface area contributed by atoms with Crippen molar-refractivity contribution in [1.29, 1.82) is 0 Å². The average Bonchev–Trinajstić information content (AvgIpc) is 3.18. The fourth-order valence-electron chi connectivity index (χ4n) is 3.59. The number of likely N-dealkylation sites (tertiary alicyclic amines) is 1. The summed E-state index contributed by atoms with van der Waals surface area (Å²) in [6.07, 6.45) is 1.38. The van der Waals surface area contributed by atoms with Crippen LogP contribution in [0.2, 0.25) is 10.0 Å². The van der Waals surface area contributed by atoms with Crippen molar-refractivity contribution in [3.63, 3.8) is 0 Å². The number of nitrogens with zero attached hydrogens (tertiary/aromatic N) is 1. The summed E-state index contributed by atoms with van der Waals surface area (Å²) in [6, 6.07) is 17.7. The van der Waals surface area contributed by atoms with Crippen molar-refractivity contribution >= 4 is 34.0 Å². The van der Waals surface area contributed by atoms with Gasteiger partial charge >= 0.3 is 0 Å². The zero-order valence-electron chi connectivity index (χ0n) is 15.8. The van der Waals surface area contributed by atoms with Crippen LogP contribution < -0.4 is 9.47 Å². The molecular weight excluding hydrogens is 393 g/mol. The van der Waals surface area contributed by atoms with Gasteiger partial charge < -0.3 is 9.47 Å². The van der Waals surface area contributed by atoms with Gasteiger partial charge in [-0.1, -0.05) is 54.4 Å². The van der Waals surface area contributed by atoms with Crippen LogP contribution in [-0.2, 0) is 6.61 Å². The number of halogens is 2. The van der Waals surface area contributed by atoms with Crippen molar-refractivity contribution in [3.05, 3.63) is 70.2 Å². The van der Waals surface area contributed by atoms with Gasteiger partial charge in [-0.3, -0.25) is 4.90 Å². The van der Waals surface area contributed by atoms with Gasteiger partial charge in [0.15, 0.2) is 0 Å². The highest BCUT2D eigenvalue weighted by Crippen LogP contribution is 2.35. The molecule has 3 nitrogen and oxygen atoms in total. The van der Waals surface area contributed by atoms with Crippen LogP contribution in [0.4, 0.5) is 0 Å². The van der Waals surface area contributed by atoms with Gasteiger partial charge in [0.25, 0.3) is 0 Å². The lowest BCUT2D eigenvalue weighted by molar-refractivity contribution is 0.202. The molecule has 146 valence electrons. The second-order valence-corrected chi connectivity index (χ2v) is 7.85. The molecule has 4 rings (SSSR count). The molecule has 0 spiro atoms. The van der Waals surface area contributed by atoms with E-state index in [1.807, 2.05) is 36.4 Å². The molecule has 1 atom stereocenters. The van der Waals surface area contributed by atoms with Gasteiger partial charge in [0.05, 0.1) is 10.0 Å². The monoisotopic (exact) mass is 415 g/mol. The quantitative estimate of drug-likeness (QED) is 0.478. The lowest BCUT2D eigenvalue weighted by atomic mass is 10.1. The maximum absolute atomic E-state index is 6.32. The number of hydrogen-bond donors (Lipinski definition) is 0. The first kappa shape index (κ1) is 19.4. The molecule has 0 N–H and O–H groups in total. The van der Waals surface area contributed by atoms with Crippen LogP contribution in [0.3, 0.4) is 0 Å². The molecule has 0 bridgehead atoms. The Hall–Kier alpha value is -1.94. The van der Waals surface area contributed by atoms with E-state index < -0.39 is 0 Å². The van der Waals surface area contributed by atoms with Crippen LogP contribution in [0, 0.1) is 0 Å². The van der Waals surface area contributed by atoms with E-state index in [2.05, 4.69) is 24.0 Å². The normalized spacial score (nSPS) is 17.2. The summed E-state index contributed by atoms with van der Waals surface area (Å²) >= 11 is 12.4. The van der Waals surface area contributed by atoms with Crippen molar-refractivity contribution in [2.75, 3.05) is 19.6 Å². The lowest BCUT2D eigenvalue weighted by Gasteiger charge is -2.15. The Bertz CT molecular complexity index is 959. The highest BCUT2D eigenvalue weighted by Gasteiger charge is 2.22. The van der Waals surface area contributed by atoms with Crippen LogP contribution in [-0.4, -0.2) is 30.6 Å². The van der Waals surface area contributed by atoms with Gasteiger partial charge in [-0.05, 0) is 48.9 Å². The SMILES string of the molecule is CCN1CCC(Oc2ccc(COc3cccc4c(Cl)c(Cl)ccc34)cc2)C1. The lowest BCUT2D eigenvalue weighted by Crippen LogP contribution is -2.24. The van der Waals surface area contributed by atoms with Crippen molar-refractivity contribution < 1.29 is 9.47 Å². The van der Waals surface area contributed by atoms with Crippen molar-refractivity contribution in [3.8, 4) is 11.5 Å². The van der Waals surface area contributed by atoms with Crippen molar-refractivity contribution in [2.24, 2.45) is 0 Å². The smallest absolute Gasteiger partial charge is 0.127 e. The molecule has 1 saturated heterocycles. The molecule has 1 aliphatic heterocycles. The summed E-state index contributed by atoms with van der Waals surface area (Å²) < 4.78 is 12.2. The van der Waals surface area contributed by atoms with Crippen molar-refractivity contribution in [1.82, 2.24) is 4.90 Å². The summed E-state index contributed by atoms with van der Waals surface area (Å²) in [5, 5.41) is 2.96. The largest absolute Gasteiger partial charge is 0.489 e. The van der Waals surface area contributed by atoms with Gasteiger partial charge in [-0.2, -0.15) is 0 Å². The molecule has 0 amide bonds. The maximum Gasteiger partial charge on any atom is 0.127 e. The molecule has 1 heterocycles. The molecular formula is C23H23Cl2NO2. The maximum atomic E-state index is 6.32. The van der Waals surface area contributed by atoms with Gasteiger partial charge in [-0.15, -0.1) is 0 Å². The van der Waals surface area contributed by atoms with Gasteiger partial charge in [0.1, 0.15) is 24.2 Å². The van der Waals surface area contributed by atoms with Crippen molar-refractivity contribution in [2.45, 2.75) is 26.1 Å². The van der Waals surface area contributed by atoms with E-state index in [1.165, 1.54) is 0 Å². The van der Waals surface area contributed by atoms with E-state index in [0.717, 1.165) is 53.9 Å². The van der Waals surface area contributed by atoms with Crippen LogP contribution >= 0.6 is 23.2 Å². The minimum Gasteiger partial charge on any atom is -0.489 e. The zero-order valence-corrected chi connectivity index (χ0v) is 17.3. The highest BCUT2D eigenvalue weighted by atomic mass is 35.5. The van der Waals surface area contributed by atoms with Crippen LogP contribution in [0.5, 0.6) is 11.5 Å². The number of likely N-dealkylation sites (N-methyl/N-ethyl adjacent to an activating group) is 1. The second kappa shape index (κ2) is 8.60. The molecule has 3 aromatic carbocycles. The molecule has 1 unspecified atom stereocenters. The first-order chi connectivity index (χ1) is 13.6. The second-order valence-electron chi connectivity index (χ2n) is 7.07. The van der Waals surface area contributed by atoms with E-state index in [4.69, 9.17) is 32.7 Å². The Kier molecular flexibility index (Phi) is 5.96. The van der Waals surface area contributed by atoms with Crippen LogP contribution in [0.1, 0.15) is 18.9 Å². The topological polar surface area (TPSA) is 21.7 Å². The molecule has 28 heavy (non-hydrogen) atoms. The zero-order chi connectivity index (χ0) is 19.5. The minimum atomic E-state index is 0.286. The summed E-state index contributed by atoms with van der Waals surface area (Å²) in [5.74, 6) is 1.71. The van der Waals surface area contributed by atoms with Crippen LogP contribution in [0.15, 0.2) is 54.6 Å². The third-order valence-electron chi connectivity index (χ3n) is 5.21. The fraction of sp³-hybridized carbons (Fsp3) is 0.304. The summed E-state index contributed by atoms with van der Waals surface area (Å²) in [5.41, 5.74) is 1.09. The molecule has 0 radical (unpaired) electrons. The van der Waals surface area contributed by atoms with Gasteiger partial charge in [0, 0.05) is 23.9 Å². The van der Waals surface area contributed by atoms with Gasteiger partial charge in [0.2, 0.25) is 0 Å². The highest BCUT2D eigenvalue weighted by molar-refractivity contribution is 6.45. The standard InChI is InChI=1S/C23H23Cl2NO2/c1-2-26-13-12-18(14-26)28-17-8-6-16(7-9-17)15-27-22-5-3-4-20-19(22)10-11-21(24)23(20)25/h3-11,18H,2,12-15H2,1H3. The van der Waals surface area contributed by atoms with Crippen LogP contribution in [0.25, 0.3) is 10.8 Å².